The number of unbranched alkanes of at least 4 members (excludes halogenated alkanes) is 1. The van der Waals surface area contributed by atoms with Crippen molar-refractivity contribution in [3.05, 3.63) is 24.3 Å². The van der Waals surface area contributed by atoms with Gasteiger partial charge in [-0.05, 0) is 30.7 Å². The van der Waals surface area contributed by atoms with Crippen LogP contribution in [0.1, 0.15) is 26.2 Å². The van der Waals surface area contributed by atoms with Crippen LogP contribution in [0.5, 0.6) is 5.75 Å². The summed E-state index contributed by atoms with van der Waals surface area (Å²) in [4.78, 5) is 23.4. The predicted molar refractivity (Wildman–Crippen MR) is 86.4 cm³/mol. The van der Waals surface area contributed by atoms with E-state index in [1.165, 1.54) is 36.9 Å². The molecule has 1 rings (SSSR count). The Morgan fingerprint density at radius 1 is 1.25 bits per heavy atom. The van der Waals surface area contributed by atoms with E-state index in [-0.39, 0.29) is 11.3 Å². The number of rotatable bonds is 9. The fraction of sp³-hybridized carbons (Fsp3) is 0.467. The molecule has 0 aromatic heterocycles. The van der Waals surface area contributed by atoms with Crippen molar-refractivity contribution in [1.82, 2.24) is 10.8 Å². The van der Waals surface area contributed by atoms with E-state index in [1.807, 2.05) is 6.92 Å². The third kappa shape index (κ3) is 5.82. The van der Waals surface area contributed by atoms with Gasteiger partial charge in [-0.25, -0.2) is 13.9 Å². The van der Waals surface area contributed by atoms with E-state index in [9.17, 15) is 18.0 Å². The minimum atomic E-state index is -3.85. The van der Waals surface area contributed by atoms with Crippen molar-refractivity contribution in [2.45, 2.75) is 37.1 Å². The van der Waals surface area contributed by atoms with Gasteiger partial charge in [0.1, 0.15) is 11.8 Å². The summed E-state index contributed by atoms with van der Waals surface area (Å²) in [6.45, 7) is 1.90. The number of sulfone groups is 1. The Hall–Kier alpha value is -2.13. The largest absolute Gasteiger partial charge is 0.497 e. The van der Waals surface area contributed by atoms with E-state index < -0.39 is 33.4 Å². The van der Waals surface area contributed by atoms with Crippen molar-refractivity contribution >= 4 is 21.7 Å². The average molecular weight is 358 g/mol. The summed E-state index contributed by atoms with van der Waals surface area (Å²) in [5.41, 5.74) is 1.38. The fourth-order valence-electron chi connectivity index (χ4n) is 1.96. The molecule has 134 valence electrons. The molecule has 0 aliphatic rings. The van der Waals surface area contributed by atoms with Gasteiger partial charge in [0.2, 0.25) is 5.91 Å². The first kappa shape index (κ1) is 19.9. The SMILES string of the molecule is CCCCC(=O)NC(CS(=O)(=O)c1ccc(OC)cc1)C(=O)NO. The molecule has 0 heterocycles. The van der Waals surface area contributed by atoms with Crippen LogP contribution in [-0.4, -0.2) is 44.3 Å². The minimum absolute atomic E-state index is 0.0122. The van der Waals surface area contributed by atoms with Crippen LogP contribution >= 0.6 is 0 Å². The van der Waals surface area contributed by atoms with Crippen LogP contribution in [0.15, 0.2) is 29.2 Å². The van der Waals surface area contributed by atoms with Gasteiger partial charge in [-0.3, -0.25) is 14.8 Å². The molecule has 2 amide bonds. The molecule has 0 spiro atoms. The van der Waals surface area contributed by atoms with E-state index in [0.29, 0.717) is 12.2 Å². The van der Waals surface area contributed by atoms with Gasteiger partial charge < -0.3 is 10.1 Å². The first-order chi connectivity index (χ1) is 11.3. The summed E-state index contributed by atoms with van der Waals surface area (Å²) in [6.07, 6.45) is 1.58. The monoisotopic (exact) mass is 358 g/mol. The molecule has 1 aromatic carbocycles. The topological polar surface area (TPSA) is 122 Å². The Balaban J connectivity index is 2.90. The maximum Gasteiger partial charge on any atom is 0.266 e. The number of carbonyl (C=O) groups is 2. The molecule has 1 unspecified atom stereocenters. The molecule has 0 bridgehead atoms. The third-order valence-corrected chi connectivity index (χ3v) is 5.09. The highest BCUT2D eigenvalue weighted by Gasteiger charge is 2.28. The number of hydrogen-bond acceptors (Lipinski definition) is 6. The van der Waals surface area contributed by atoms with E-state index in [1.54, 1.807) is 0 Å². The van der Waals surface area contributed by atoms with Crippen LogP contribution in [-0.2, 0) is 19.4 Å². The van der Waals surface area contributed by atoms with E-state index >= 15 is 0 Å². The maximum absolute atomic E-state index is 12.4. The number of nitrogens with one attached hydrogen (secondary N) is 2. The number of benzene rings is 1. The van der Waals surface area contributed by atoms with Crippen molar-refractivity contribution in [2.75, 3.05) is 12.9 Å². The maximum atomic E-state index is 12.4. The van der Waals surface area contributed by atoms with Crippen LogP contribution in [0.4, 0.5) is 0 Å². The van der Waals surface area contributed by atoms with E-state index in [2.05, 4.69) is 5.32 Å². The molecule has 1 atom stereocenters. The molecule has 0 radical (unpaired) electrons. The predicted octanol–water partition coefficient (Wildman–Crippen LogP) is 0.649. The summed E-state index contributed by atoms with van der Waals surface area (Å²) in [5, 5.41) is 11.1. The van der Waals surface area contributed by atoms with Gasteiger partial charge in [0.05, 0.1) is 17.8 Å². The lowest BCUT2D eigenvalue weighted by Crippen LogP contribution is -2.49. The third-order valence-electron chi connectivity index (χ3n) is 3.32. The highest BCUT2D eigenvalue weighted by atomic mass is 32.2. The smallest absolute Gasteiger partial charge is 0.266 e. The molecule has 8 nitrogen and oxygen atoms in total. The highest BCUT2D eigenvalue weighted by molar-refractivity contribution is 7.91. The Morgan fingerprint density at radius 2 is 1.88 bits per heavy atom. The molecule has 9 heteroatoms. The van der Waals surface area contributed by atoms with Crippen LogP contribution in [0.3, 0.4) is 0 Å². The summed E-state index contributed by atoms with van der Waals surface area (Å²) >= 11 is 0. The number of hydrogen-bond donors (Lipinski definition) is 3. The molecule has 0 fully saturated rings. The number of amides is 2. The first-order valence-corrected chi connectivity index (χ1v) is 9.09. The van der Waals surface area contributed by atoms with Crippen LogP contribution in [0.25, 0.3) is 0 Å². The van der Waals surface area contributed by atoms with Gasteiger partial charge in [-0.1, -0.05) is 13.3 Å². The van der Waals surface area contributed by atoms with Crippen molar-refractivity contribution in [1.29, 1.82) is 0 Å². The second-order valence-corrected chi connectivity index (χ2v) is 7.19. The number of methoxy groups -OCH3 is 1. The molecule has 0 aliphatic heterocycles. The first-order valence-electron chi connectivity index (χ1n) is 7.44. The zero-order valence-corrected chi connectivity index (χ0v) is 14.4. The van der Waals surface area contributed by atoms with Gasteiger partial charge in [0.15, 0.2) is 9.84 Å². The molecule has 0 saturated heterocycles. The lowest BCUT2D eigenvalue weighted by molar-refractivity contribution is -0.134. The molecular formula is C15H22N2O6S. The Bertz CT molecular complexity index is 657. The van der Waals surface area contributed by atoms with Crippen LogP contribution in [0.2, 0.25) is 0 Å². The van der Waals surface area contributed by atoms with E-state index in [4.69, 9.17) is 9.94 Å². The summed E-state index contributed by atoms with van der Waals surface area (Å²) < 4.78 is 29.8. The summed E-state index contributed by atoms with van der Waals surface area (Å²) in [5.74, 6) is -1.61. The van der Waals surface area contributed by atoms with Crippen molar-refractivity contribution in [2.24, 2.45) is 0 Å². The van der Waals surface area contributed by atoms with E-state index in [0.717, 1.165) is 6.42 Å². The standard InChI is InChI=1S/C15H22N2O6S/c1-3-4-5-14(18)16-13(15(19)17-20)10-24(21,22)12-8-6-11(23-2)7-9-12/h6-9,13,20H,3-5,10H2,1-2H3,(H,16,18)(H,17,19). The average Bonchev–Trinajstić information content (AvgIpc) is 2.58. The van der Waals surface area contributed by atoms with Crippen LogP contribution < -0.4 is 15.5 Å². The summed E-state index contributed by atoms with van der Waals surface area (Å²) in [6, 6.07) is 4.27. The molecule has 0 aliphatic carbocycles. The number of hydroxylamine groups is 1. The van der Waals surface area contributed by atoms with Crippen molar-refractivity contribution in [3.63, 3.8) is 0 Å². The molecule has 1 aromatic rings. The molecule has 3 N–H and O–H groups in total. The fourth-order valence-corrected chi connectivity index (χ4v) is 3.38. The van der Waals surface area contributed by atoms with Gasteiger partial charge >= 0.3 is 0 Å². The van der Waals surface area contributed by atoms with Crippen LogP contribution in [0, 0.1) is 0 Å². The summed E-state index contributed by atoms with van der Waals surface area (Å²) in [7, 11) is -2.39. The number of ether oxygens (including phenoxy) is 1. The number of carbonyl (C=O) groups excluding carboxylic acids is 2. The Labute approximate surface area is 141 Å². The van der Waals surface area contributed by atoms with Gasteiger partial charge in [-0.2, -0.15) is 0 Å². The minimum Gasteiger partial charge on any atom is -0.497 e. The van der Waals surface area contributed by atoms with Crippen molar-refractivity contribution in [3.8, 4) is 5.75 Å². The molecule has 24 heavy (non-hydrogen) atoms. The lowest BCUT2D eigenvalue weighted by Gasteiger charge is -2.17. The quantitative estimate of drug-likeness (QED) is 0.440. The second kappa shape index (κ2) is 9.24. The highest BCUT2D eigenvalue weighted by Crippen LogP contribution is 2.17. The van der Waals surface area contributed by atoms with Gasteiger partial charge in [0, 0.05) is 6.42 Å². The Kier molecular flexibility index (Phi) is 7.66. The zero-order chi connectivity index (χ0) is 18.2. The zero-order valence-electron chi connectivity index (χ0n) is 13.6. The molecule has 0 saturated carbocycles. The normalized spacial score (nSPS) is 12.3. The Morgan fingerprint density at radius 3 is 2.38 bits per heavy atom. The second-order valence-electron chi connectivity index (χ2n) is 5.16. The van der Waals surface area contributed by atoms with Crippen molar-refractivity contribution < 1.29 is 28.0 Å². The molecular weight excluding hydrogens is 336 g/mol. The van der Waals surface area contributed by atoms with Gasteiger partial charge in [0.25, 0.3) is 5.91 Å². The van der Waals surface area contributed by atoms with Gasteiger partial charge in [-0.15, -0.1) is 0 Å². The lowest BCUT2D eigenvalue weighted by atomic mass is 10.2.